The fourth-order valence-corrected chi connectivity index (χ4v) is 2.99. The zero-order valence-electron chi connectivity index (χ0n) is 13.8. The van der Waals surface area contributed by atoms with E-state index in [0.29, 0.717) is 22.6 Å². The summed E-state index contributed by atoms with van der Waals surface area (Å²) in [5.41, 5.74) is -0.142. The van der Waals surface area contributed by atoms with Crippen LogP contribution in [0.1, 0.15) is 19.8 Å². The second-order valence-corrected chi connectivity index (χ2v) is 6.32. The Morgan fingerprint density at radius 3 is 2.72 bits per heavy atom. The lowest BCUT2D eigenvalue weighted by molar-refractivity contribution is -0.134. The lowest BCUT2D eigenvalue weighted by Crippen LogP contribution is -2.22. The van der Waals surface area contributed by atoms with Crippen LogP contribution in [0.2, 0.25) is 0 Å². The van der Waals surface area contributed by atoms with Gasteiger partial charge < -0.3 is 9.47 Å². The van der Waals surface area contributed by atoms with Crippen molar-refractivity contribution in [3.63, 3.8) is 0 Å². The number of rotatable bonds is 7. The normalized spacial score (nSPS) is 10.8. The van der Waals surface area contributed by atoms with Crippen molar-refractivity contribution in [2.24, 2.45) is 0 Å². The van der Waals surface area contributed by atoms with Crippen LogP contribution >= 0.6 is 11.3 Å². The number of aromatic nitrogens is 2. The molecule has 0 aliphatic carbocycles. The lowest BCUT2D eigenvalue weighted by Gasteiger charge is -2.08. The fraction of sp³-hybridized carbons (Fsp3) is 0.278. The molecule has 0 saturated heterocycles. The van der Waals surface area contributed by atoms with Crippen molar-refractivity contribution >= 4 is 27.5 Å². The van der Waals surface area contributed by atoms with Gasteiger partial charge in [0.2, 0.25) is 0 Å². The van der Waals surface area contributed by atoms with Gasteiger partial charge in [-0.1, -0.05) is 6.92 Å². The number of esters is 1. The average Bonchev–Trinajstić information content (AvgIpc) is 3.10. The molecule has 7 heteroatoms. The van der Waals surface area contributed by atoms with Crippen molar-refractivity contribution in [3.05, 3.63) is 52.4 Å². The smallest absolute Gasteiger partial charge is 0.312 e. The van der Waals surface area contributed by atoms with Gasteiger partial charge in [-0.05, 0) is 42.1 Å². The van der Waals surface area contributed by atoms with Gasteiger partial charge in [0.25, 0.3) is 5.56 Å². The Balaban J connectivity index is 1.57. The van der Waals surface area contributed by atoms with Crippen molar-refractivity contribution < 1.29 is 14.3 Å². The minimum Gasteiger partial charge on any atom is -0.494 e. The summed E-state index contributed by atoms with van der Waals surface area (Å²) in [6.07, 6.45) is 2.49. The maximum Gasteiger partial charge on any atom is 0.312 e. The molecule has 2 aromatic heterocycles. The zero-order chi connectivity index (χ0) is 17.6. The first-order valence-electron chi connectivity index (χ1n) is 8.03. The Morgan fingerprint density at radius 2 is 1.96 bits per heavy atom. The zero-order valence-corrected chi connectivity index (χ0v) is 14.6. The molecule has 6 nitrogen and oxygen atoms in total. The van der Waals surface area contributed by atoms with Gasteiger partial charge in [-0.2, -0.15) is 0 Å². The van der Waals surface area contributed by atoms with E-state index in [-0.39, 0.29) is 18.5 Å². The predicted molar refractivity (Wildman–Crippen MR) is 96.4 cm³/mol. The third-order valence-corrected chi connectivity index (χ3v) is 4.36. The highest BCUT2D eigenvalue weighted by Gasteiger charge is 2.09. The highest BCUT2D eigenvalue weighted by molar-refractivity contribution is 7.16. The first-order chi connectivity index (χ1) is 12.2. The molecule has 0 unspecified atom stereocenters. The van der Waals surface area contributed by atoms with Crippen molar-refractivity contribution in [1.29, 1.82) is 0 Å². The van der Waals surface area contributed by atoms with Crippen LogP contribution in [0.3, 0.4) is 0 Å². The fourth-order valence-electron chi connectivity index (χ4n) is 2.27. The van der Waals surface area contributed by atoms with Crippen LogP contribution in [0, 0.1) is 0 Å². The highest BCUT2D eigenvalue weighted by atomic mass is 32.1. The number of carbonyl (C=O) groups excluding carboxylic acids is 1. The minimum absolute atomic E-state index is 0.0886. The minimum atomic E-state index is -0.403. The van der Waals surface area contributed by atoms with Gasteiger partial charge in [-0.15, -0.1) is 11.3 Å². The van der Waals surface area contributed by atoms with Gasteiger partial charge >= 0.3 is 5.97 Å². The van der Waals surface area contributed by atoms with Gasteiger partial charge in [0.1, 0.15) is 16.3 Å². The van der Waals surface area contributed by atoms with Gasteiger partial charge in [0, 0.05) is 6.54 Å². The Bertz CT molecular complexity index is 915. The Kier molecular flexibility index (Phi) is 5.45. The molecule has 0 bridgehead atoms. The summed E-state index contributed by atoms with van der Waals surface area (Å²) >= 11 is 1.42. The molecule has 3 rings (SSSR count). The third kappa shape index (κ3) is 4.24. The molecule has 0 N–H and O–H groups in total. The van der Waals surface area contributed by atoms with Crippen LogP contribution in [-0.2, 0) is 11.3 Å². The molecule has 25 heavy (non-hydrogen) atoms. The van der Waals surface area contributed by atoms with Gasteiger partial charge in [0.15, 0.2) is 0 Å². The van der Waals surface area contributed by atoms with E-state index < -0.39 is 5.97 Å². The summed E-state index contributed by atoms with van der Waals surface area (Å²) in [7, 11) is 0. The summed E-state index contributed by atoms with van der Waals surface area (Å²) in [5.74, 6) is 0.787. The number of fused-ring (bicyclic) bond motifs is 1. The second-order valence-electron chi connectivity index (χ2n) is 5.43. The molecular weight excluding hydrogens is 340 g/mol. The first kappa shape index (κ1) is 17.2. The number of carbonyl (C=O) groups is 1. The molecule has 0 spiro atoms. The molecule has 1 aromatic carbocycles. The van der Waals surface area contributed by atoms with Crippen LogP contribution in [0.25, 0.3) is 10.2 Å². The number of benzene rings is 1. The van der Waals surface area contributed by atoms with Crippen LogP contribution in [0.5, 0.6) is 11.5 Å². The van der Waals surface area contributed by atoms with E-state index in [1.54, 1.807) is 30.3 Å². The molecule has 0 fully saturated rings. The van der Waals surface area contributed by atoms with Crippen LogP contribution < -0.4 is 15.0 Å². The Hall–Kier alpha value is -2.67. The van der Waals surface area contributed by atoms with Gasteiger partial charge in [0.05, 0.1) is 24.7 Å². The summed E-state index contributed by atoms with van der Waals surface area (Å²) in [6.45, 7) is 2.91. The van der Waals surface area contributed by atoms with Crippen LogP contribution in [0.15, 0.2) is 46.8 Å². The maximum atomic E-state index is 12.2. The second kappa shape index (κ2) is 7.94. The summed E-state index contributed by atoms with van der Waals surface area (Å²) < 4.78 is 12.2. The van der Waals surface area contributed by atoms with E-state index in [0.717, 1.165) is 12.2 Å². The van der Waals surface area contributed by atoms with E-state index >= 15 is 0 Å². The van der Waals surface area contributed by atoms with Crippen molar-refractivity contribution in [1.82, 2.24) is 9.55 Å². The number of hydrogen-bond acceptors (Lipinski definition) is 6. The Labute approximate surface area is 148 Å². The molecule has 2 heterocycles. The summed E-state index contributed by atoms with van der Waals surface area (Å²) in [5, 5.41) is 2.40. The van der Waals surface area contributed by atoms with Crippen LogP contribution in [0.4, 0.5) is 0 Å². The third-order valence-electron chi connectivity index (χ3n) is 3.54. The van der Waals surface area contributed by atoms with Gasteiger partial charge in [-0.3, -0.25) is 14.2 Å². The molecule has 0 aliphatic rings. The molecule has 130 valence electrons. The largest absolute Gasteiger partial charge is 0.494 e. The summed E-state index contributed by atoms with van der Waals surface area (Å²) in [6, 6.07) is 8.64. The number of ether oxygens (including phenoxy) is 2. The number of nitrogens with zero attached hydrogens (tertiary/aromatic N) is 2. The number of aryl methyl sites for hydroxylation is 1. The van der Waals surface area contributed by atoms with Crippen molar-refractivity contribution in [2.45, 2.75) is 26.3 Å². The molecule has 0 saturated carbocycles. The molecule has 0 aliphatic heterocycles. The highest BCUT2D eigenvalue weighted by Crippen LogP contribution is 2.18. The van der Waals surface area contributed by atoms with Crippen molar-refractivity contribution in [3.8, 4) is 11.5 Å². The Morgan fingerprint density at radius 1 is 1.20 bits per heavy atom. The lowest BCUT2D eigenvalue weighted by atomic mass is 10.3. The molecule has 0 atom stereocenters. The van der Waals surface area contributed by atoms with E-state index in [1.165, 1.54) is 22.2 Å². The topological polar surface area (TPSA) is 70.4 Å². The average molecular weight is 358 g/mol. The van der Waals surface area contributed by atoms with E-state index in [1.807, 2.05) is 12.3 Å². The molecule has 0 radical (unpaired) electrons. The SMILES string of the molecule is CCCOc1ccc(OC(=O)CCn2cnc3sccc3c2=O)cc1. The molecular formula is C18H18N2O4S. The van der Waals surface area contributed by atoms with E-state index in [9.17, 15) is 9.59 Å². The maximum absolute atomic E-state index is 12.2. The van der Waals surface area contributed by atoms with Crippen molar-refractivity contribution in [2.75, 3.05) is 6.61 Å². The standard InChI is InChI=1S/C18H18N2O4S/c1-2-10-23-13-3-5-14(6-4-13)24-16(21)7-9-20-12-19-17-15(18(20)22)8-11-25-17/h3-6,8,11-12H,2,7,9-10H2,1H3. The van der Waals surface area contributed by atoms with E-state index in [2.05, 4.69) is 4.98 Å². The van der Waals surface area contributed by atoms with Gasteiger partial charge in [-0.25, -0.2) is 4.98 Å². The monoisotopic (exact) mass is 358 g/mol. The van der Waals surface area contributed by atoms with Crippen LogP contribution in [-0.4, -0.2) is 22.1 Å². The molecule has 3 aromatic rings. The van der Waals surface area contributed by atoms with E-state index in [4.69, 9.17) is 9.47 Å². The quantitative estimate of drug-likeness (QED) is 0.479. The summed E-state index contributed by atoms with van der Waals surface area (Å²) in [4.78, 5) is 29.1. The first-order valence-corrected chi connectivity index (χ1v) is 8.91. The molecule has 0 amide bonds. The number of hydrogen-bond donors (Lipinski definition) is 0. The number of thiophene rings is 1. The predicted octanol–water partition coefficient (Wildman–Crippen LogP) is 3.24.